The predicted molar refractivity (Wildman–Crippen MR) is 118 cm³/mol. The number of hydrogen-bond donors (Lipinski definition) is 0. The lowest BCUT2D eigenvalue weighted by Gasteiger charge is -2.21. The number of halogens is 6. The van der Waals surface area contributed by atoms with Crippen LogP contribution in [0.5, 0.6) is 0 Å². The van der Waals surface area contributed by atoms with Crippen LogP contribution >= 0.6 is 0 Å². The molecule has 0 aliphatic heterocycles. The number of methoxy groups -OCH3 is 1. The van der Waals surface area contributed by atoms with Crippen molar-refractivity contribution in [3.63, 3.8) is 0 Å². The second-order valence-corrected chi connectivity index (χ2v) is 8.11. The van der Waals surface area contributed by atoms with Gasteiger partial charge in [-0.1, -0.05) is 24.3 Å². The fraction of sp³-hybridized carbons (Fsp3) is 0.269. The highest BCUT2D eigenvalue weighted by molar-refractivity contribution is 5.92. The van der Waals surface area contributed by atoms with E-state index in [2.05, 4.69) is 4.98 Å². The summed E-state index contributed by atoms with van der Waals surface area (Å²) in [6.45, 7) is 1.61. The van der Waals surface area contributed by atoms with Gasteiger partial charge < -0.3 is 4.74 Å². The van der Waals surface area contributed by atoms with E-state index in [1.807, 2.05) is 0 Å². The summed E-state index contributed by atoms with van der Waals surface area (Å²) in [6.07, 6.45) is -8.94. The number of pyridine rings is 1. The highest BCUT2D eigenvalue weighted by atomic mass is 19.4. The van der Waals surface area contributed by atoms with Crippen LogP contribution in [0.4, 0.5) is 26.3 Å². The summed E-state index contributed by atoms with van der Waals surface area (Å²) in [5, 5.41) is 0. The molecule has 0 amide bonds. The van der Waals surface area contributed by atoms with Gasteiger partial charge in [-0.25, -0.2) is 4.79 Å². The first kappa shape index (κ1) is 26.9. The summed E-state index contributed by atoms with van der Waals surface area (Å²) >= 11 is 0. The van der Waals surface area contributed by atoms with Crippen LogP contribution < -0.4 is 0 Å². The lowest BCUT2D eigenvalue weighted by atomic mass is 9.85. The molecule has 0 fully saturated rings. The SMILES string of the molecule is COC(=O)c1cccc(CC(=O)C[C@@H](c2ccc(C(F)(F)F)cc2)c2ncccc2C(F)(F)F)c1C. The first-order chi connectivity index (χ1) is 16.8. The number of nitrogens with zero attached hydrogens (tertiary/aromatic N) is 1. The number of benzene rings is 2. The highest BCUT2D eigenvalue weighted by Crippen LogP contribution is 2.39. The fourth-order valence-corrected chi connectivity index (χ4v) is 3.93. The lowest BCUT2D eigenvalue weighted by molar-refractivity contribution is -0.139. The molecular formula is C26H21F6NO3. The van der Waals surface area contributed by atoms with Crippen molar-refractivity contribution in [1.82, 2.24) is 4.98 Å². The molecule has 190 valence electrons. The van der Waals surface area contributed by atoms with E-state index in [1.54, 1.807) is 19.1 Å². The Morgan fingerprint density at radius 2 is 1.58 bits per heavy atom. The number of hydrogen-bond acceptors (Lipinski definition) is 4. The molecule has 0 aliphatic rings. The Morgan fingerprint density at radius 1 is 0.917 bits per heavy atom. The molecule has 3 rings (SSSR count). The van der Waals surface area contributed by atoms with Crippen LogP contribution in [0.3, 0.4) is 0 Å². The molecule has 0 unspecified atom stereocenters. The van der Waals surface area contributed by atoms with Crippen molar-refractivity contribution in [2.45, 2.75) is 38.0 Å². The zero-order valence-electron chi connectivity index (χ0n) is 19.2. The first-order valence-corrected chi connectivity index (χ1v) is 10.7. The molecule has 4 nitrogen and oxygen atoms in total. The van der Waals surface area contributed by atoms with Gasteiger partial charge in [-0.15, -0.1) is 0 Å². The molecule has 2 aromatic carbocycles. The maximum Gasteiger partial charge on any atom is 0.418 e. The van der Waals surface area contributed by atoms with Gasteiger partial charge in [-0.3, -0.25) is 9.78 Å². The minimum Gasteiger partial charge on any atom is -0.465 e. The van der Waals surface area contributed by atoms with E-state index >= 15 is 0 Å². The Kier molecular flexibility index (Phi) is 7.86. The maximum absolute atomic E-state index is 13.7. The number of ether oxygens (including phenoxy) is 1. The van der Waals surface area contributed by atoms with Crippen LogP contribution in [0.25, 0.3) is 0 Å². The number of carbonyl (C=O) groups excluding carboxylic acids is 2. The van der Waals surface area contributed by atoms with Crippen LogP contribution in [0, 0.1) is 6.92 Å². The number of ketones is 1. The Labute approximate surface area is 202 Å². The molecule has 36 heavy (non-hydrogen) atoms. The normalized spacial score (nSPS) is 12.8. The lowest BCUT2D eigenvalue weighted by Crippen LogP contribution is -2.18. The first-order valence-electron chi connectivity index (χ1n) is 10.7. The predicted octanol–water partition coefficient (Wildman–Crippen LogP) is 6.55. The molecule has 0 radical (unpaired) electrons. The Bertz CT molecular complexity index is 1250. The summed E-state index contributed by atoms with van der Waals surface area (Å²) in [6, 6.07) is 10.2. The highest BCUT2D eigenvalue weighted by Gasteiger charge is 2.37. The molecule has 0 saturated heterocycles. The summed E-state index contributed by atoms with van der Waals surface area (Å²) in [7, 11) is 1.21. The topological polar surface area (TPSA) is 56.3 Å². The van der Waals surface area contributed by atoms with Crippen molar-refractivity contribution >= 4 is 11.8 Å². The summed E-state index contributed by atoms with van der Waals surface area (Å²) in [4.78, 5) is 28.9. The van der Waals surface area contributed by atoms with Crippen LogP contribution in [0.1, 0.15) is 56.2 Å². The number of Topliss-reactive ketones (excluding diaryl/α,β-unsaturated/α-hetero) is 1. The van der Waals surface area contributed by atoms with Crippen molar-refractivity contribution in [3.05, 3.63) is 99.9 Å². The van der Waals surface area contributed by atoms with Gasteiger partial charge >= 0.3 is 18.3 Å². The minimum absolute atomic E-state index is 0.0839. The number of esters is 1. The zero-order valence-corrected chi connectivity index (χ0v) is 19.2. The van der Waals surface area contributed by atoms with Gasteiger partial charge in [0.05, 0.1) is 29.5 Å². The molecule has 1 atom stereocenters. The maximum atomic E-state index is 13.7. The van der Waals surface area contributed by atoms with Gasteiger partial charge in [0.1, 0.15) is 5.78 Å². The molecule has 10 heteroatoms. The van der Waals surface area contributed by atoms with E-state index in [4.69, 9.17) is 4.74 Å². The van der Waals surface area contributed by atoms with Crippen LogP contribution in [0.2, 0.25) is 0 Å². The van der Waals surface area contributed by atoms with E-state index in [9.17, 15) is 35.9 Å². The third-order valence-corrected chi connectivity index (χ3v) is 5.79. The minimum atomic E-state index is -4.79. The average Bonchev–Trinajstić information content (AvgIpc) is 2.82. The second kappa shape index (κ2) is 10.5. The number of rotatable bonds is 7. The Morgan fingerprint density at radius 3 is 2.17 bits per heavy atom. The van der Waals surface area contributed by atoms with Crippen molar-refractivity contribution in [2.24, 2.45) is 0 Å². The molecule has 0 saturated carbocycles. The van der Waals surface area contributed by atoms with Crippen LogP contribution in [0.15, 0.2) is 60.8 Å². The third kappa shape index (κ3) is 6.10. The molecular weight excluding hydrogens is 488 g/mol. The monoisotopic (exact) mass is 509 g/mol. The second-order valence-electron chi connectivity index (χ2n) is 8.11. The molecule has 0 N–H and O–H groups in total. The molecule has 1 heterocycles. The summed E-state index contributed by atoms with van der Waals surface area (Å²) < 4.78 is 84.9. The van der Waals surface area contributed by atoms with Crippen molar-refractivity contribution < 1.29 is 40.7 Å². The number of carbonyl (C=O) groups is 2. The van der Waals surface area contributed by atoms with Gasteiger partial charge in [-0.05, 0) is 53.9 Å². The van der Waals surface area contributed by atoms with Crippen LogP contribution in [-0.4, -0.2) is 23.8 Å². The van der Waals surface area contributed by atoms with E-state index < -0.39 is 53.3 Å². The van der Waals surface area contributed by atoms with E-state index in [0.717, 1.165) is 42.6 Å². The van der Waals surface area contributed by atoms with E-state index in [-0.39, 0.29) is 17.5 Å². The summed E-state index contributed by atoms with van der Waals surface area (Å²) in [5.41, 5.74) is -1.22. The van der Waals surface area contributed by atoms with Gasteiger partial charge in [0.25, 0.3) is 0 Å². The van der Waals surface area contributed by atoms with Gasteiger partial charge in [0.15, 0.2) is 0 Å². The summed E-state index contributed by atoms with van der Waals surface area (Å²) in [5.74, 6) is -2.33. The standard InChI is InChI=1S/C26H21F6NO3/c1-15-17(5-3-6-20(15)24(35)36-2)13-19(34)14-21(16-8-10-18(11-9-16)25(27,28)29)23-22(26(30,31)32)7-4-12-33-23/h3-12,21H,13-14H2,1-2H3/t21-/m0/s1. The van der Waals surface area contributed by atoms with E-state index in [1.165, 1.54) is 13.2 Å². The largest absolute Gasteiger partial charge is 0.465 e. The number of alkyl halides is 6. The van der Waals surface area contributed by atoms with E-state index in [0.29, 0.717) is 11.1 Å². The molecule has 3 aromatic rings. The Hall–Kier alpha value is -3.69. The quantitative estimate of drug-likeness (QED) is 0.268. The molecule has 0 spiro atoms. The van der Waals surface area contributed by atoms with Gasteiger partial charge in [0, 0.05) is 25.0 Å². The average molecular weight is 509 g/mol. The molecule has 0 aliphatic carbocycles. The molecule has 0 bridgehead atoms. The zero-order chi connectivity index (χ0) is 26.7. The third-order valence-electron chi connectivity index (χ3n) is 5.79. The molecule has 1 aromatic heterocycles. The van der Waals surface area contributed by atoms with Crippen molar-refractivity contribution in [1.29, 1.82) is 0 Å². The van der Waals surface area contributed by atoms with Crippen molar-refractivity contribution in [2.75, 3.05) is 7.11 Å². The number of aromatic nitrogens is 1. The van der Waals surface area contributed by atoms with Gasteiger partial charge in [0.2, 0.25) is 0 Å². The Balaban J connectivity index is 2.00. The smallest absolute Gasteiger partial charge is 0.418 e. The van der Waals surface area contributed by atoms with Gasteiger partial charge in [-0.2, -0.15) is 26.3 Å². The van der Waals surface area contributed by atoms with Crippen LogP contribution in [-0.2, 0) is 28.3 Å². The van der Waals surface area contributed by atoms with Crippen molar-refractivity contribution in [3.8, 4) is 0 Å². The fourth-order valence-electron chi connectivity index (χ4n) is 3.93.